The van der Waals surface area contributed by atoms with E-state index in [1.54, 1.807) is 0 Å². The van der Waals surface area contributed by atoms with E-state index in [0.717, 1.165) is 6.54 Å². The second-order valence-corrected chi connectivity index (χ2v) is 5.22. The van der Waals surface area contributed by atoms with Crippen LogP contribution >= 0.6 is 13.5 Å². The molecule has 1 aliphatic carbocycles. The van der Waals surface area contributed by atoms with Crippen molar-refractivity contribution in [1.29, 1.82) is 0 Å². The molecule has 2 aromatic rings. The van der Waals surface area contributed by atoms with E-state index in [2.05, 4.69) is 66.0 Å². The van der Waals surface area contributed by atoms with E-state index in [9.17, 15) is 0 Å². The van der Waals surface area contributed by atoms with Gasteiger partial charge in [0, 0.05) is 12.0 Å². The fraction of sp³-hybridized carbons (Fsp3) is 0.294. The largest absolute Gasteiger partial charge is 0.319 e. The Morgan fingerprint density at radius 1 is 1.00 bits per heavy atom. The summed E-state index contributed by atoms with van der Waals surface area (Å²) in [6, 6.07) is 21.8. The van der Waals surface area contributed by atoms with Crippen molar-refractivity contribution >= 4 is 13.5 Å². The predicted molar refractivity (Wildman–Crippen MR) is 86.2 cm³/mol. The number of hydrogen-bond acceptors (Lipinski definition) is 1. The number of benzene rings is 2. The van der Waals surface area contributed by atoms with Gasteiger partial charge in [0.05, 0.1) is 0 Å². The molecule has 2 aromatic carbocycles. The van der Waals surface area contributed by atoms with Crippen LogP contribution in [-0.4, -0.2) is 13.6 Å². The molecule has 0 spiro atoms. The lowest BCUT2D eigenvalue weighted by Gasteiger charge is -2.18. The average molecular weight is 271 g/mol. The molecule has 100 valence electrons. The van der Waals surface area contributed by atoms with Gasteiger partial charge >= 0.3 is 0 Å². The highest BCUT2D eigenvalue weighted by atomic mass is 32.1. The summed E-state index contributed by atoms with van der Waals surface area (Å²) in [6.07, 6.45) is 1.25. The van der Waals surface area contributed by atoms with E-state index in [1.165, 1.54) is 17.5 Å². The minimum atomic E-state index is 0. The maximum Gasteiger partial charge on any atom is 0.0153 e. The van der Waals surface area contributed by atoms with Crippen molar-refractivity contribution in [3.8, 4) is 0 Å². The van der Waals surface area contributed by atoms with Crippen LogP contribution in [0.25, 0.3) is 0 Å². The Morgan fingerprint density at radius 3 is 2.16 bits per heavy atom. The molecule has 0 aliphatic heterocycles. The molecule has 0 heterocycles. The Bertz CT molecular complexity index is 511. The highest BCUT2D eigenvalue weighted by molar-refractivity contribution is 7.59. The summed E-state index contributed by atoms with van der Waals surface area (Å²) in [7, 11) is 2.05. The third kappa shape index (κ3) is 2.56. The molecule has 1 nitrogen and oxygen atoms in total. The topological polar surface area (TPSA) is 12.0 Å². The van der Waals surface area contributed by atoms with Gasteiger partial charge in [0.2, 0.25) is 0 Å². The van der Waals surface area contributed by atoms with Gasteiger partial charge in [-0.1, -0.05) is 60.7 Å². The molecule has 1 fully saturated rings. The standard InChI is InChI=1S/C17H19N.H2S/c1-18-13-17(15-10-6-3-7-11-15)12-16(17)14-8-4-2-5-9-14;/h2-11,16,18H,12-13H2,1H3;1H2/t16-,17-;/m1./s1. The molecule has 2 atom stereocenters. The van der Waals surface area contributed by atoms with Crippen molar-refractivity contribution < 1.29 is 0 Å². The van der Waals surface area contributed by atoms with Gasteiger partial charge in [0.15, 0.2) is 0 Å². The molecule has 19 heavy (non-hydrogen) atoms. The fourth-order valence-electron chi connectivity index (χ4n) is 3.13. The zero-order valence-corrected chi connectivity index (χ0v) is 12.3. The van der Waals surface area contributed by atoms with Crippen LogP contribution in [0.15, 0.2) is 60.7 Å². The first-order valence-corrected chi connectivity index (χ1v) is 6.62. The molecule has 1 aliphatic rings. The lowest BCUT2D eigenvalue weighted by Crippen LogP contribution is -2.25. The van der Waals surface area contributed by atoms with Gasteiger partial charge in [0.1, 0.15) is 0 Å². The lowest BCUT2D eigenvalue weighted by atomic mass is 9.90. The van der Waals surface area contributed by atoms with Crippen LogP contribution in [0.1, 0.15) is 23.5 Å². The Hall–Kier alpha value is -1.25. The smallest absolute Gasteiger partial charge is 0.0153 e. The van der Waals surface area contributed by atoms with Crippen LogP contribution in [0, 0.1) is 0 Å². The lowest BCUT2D eigenvalue weighted by molar-refractivity contribution is 0.605. The molecule has 1 N–H and O–H groups in total. The van der Waals surface area contributed by atoms with Crippen molar-refractivity contribution in [3.05, 3.63) is 71.8 Å². The van der Waals surface area contributed by atoms with E-state index in [1.807, 2.05) is 7.05 Å². The van der Waals surface area contributed by atoms with Crippen LogP contribution in [0.4, 0.5) is 0 Å². The molecular weight excluding hydrogens is 250 g/mol. The molecular formula is C17H21NS. The number of rotatable bonds is 4. The zero-order valence-electron chi connectivity index (χ0n) is 11.3. The summed E-state index contributed by atoms with van der Waals surface area (Å²) >= 11 is 0. The molecule has 0 aromatic heterocycles. The number of hydrogen-bond donors (Lipinski definition) is 1. The third-order valence-corrected chi connectivity index (χ3v) is 4.12. The van der Waals surface area contributed by atoms with E-state index in [-0.39, 0.29) is 13.5 Å². The highest BCUT2D eigenvalue weighted by Crippen LogP contribution is 2.59. The molecule has 0 saturated heterocycles. The van der Waals surface area contributed by atoms with Crippen LogP contribution in [0.3, 0.4) is 0 Å². The van der Waals surface area contributed by atoms with Gasteiger partial charge in [0.25, 0.3) is 0 Å². The van der Waals surface area contributed by atoms with Crippen molar-refractivity contribution in [2.75, 3.05) is 13.6 Å². The Balaban J connectivity index is 0.00000133. The molecule has 2 heteroatoms. The first-order valence-electron chi connectivity index (χ1n) is 6.62. The maximum atomic E-state index is 3.37. The first kappa shape index (κ1) is 14.2. The number of likely N-dealkylation sites (N-methyl/N-ethyl adjacent to an activating group) is 1. The normalized spacial score (nSPS) is 24.6. The second kappa shape index (κ2) is 5.81. The van der Waals surface area contributed by atoms with Gasteiger partial charge in [-0.05, 0) is 30.5 Å². The molecule has 1 saturated carbocycles. The van der Waals surface area contributed by atoms with E-state index in [4.69, 9.17) is 0 Å². The summed E-state index contributed by atoms with van der Waals surface area (Å²) < 4.78 is 0. The van der Waals surface area contributed by atoms with Crippen LogP contribution in [-0.2, 0) is 5.41 Å². The van der Waals surface area contributed by atoms with E-state index < -0.39 is 0 Å². The Labute approximate surface area is 122 Å². The van der Waals surface area contributed by atoms with Gasteiger partial charge in [-0.25, -0.2) is 0 Å². The van der Waals surface area contributed by atoms with E-state index in [0.29, 0.717) is 11.3 Å². The van der Waals surface area contributed by atoms with Gasteiger partial charge < -0.3 is 5.32 Å². The molecule has 0 radical (unpaired) electrons. The summed E-state index contributed by atoms with van der Waals surface area (Å²) in [5.74, 6) is 0.661. The van der Waals surface area contributed by atoms with Crippen molar-refractivity contribution in [2.24, 2.45) is 0 Å². The third-order valence-electron chi connectivity index (χ3n) is 4.12. The fourth-order valence-corrected chi connectivity index (χ4v) is 3.13. The Morgan fingerprint density at radius 2 is 1.58 bits per heavy atom. The van der Waals surface area contributed by atoms with Crippen LogP contribution in [0.2, 0.25) is 0 Å². The monoisotopic (exact) mass is 271 g/mol. The van der Waals surface area contributed by atoms with Gasteiger partial charge in [-0.2, -0.15) is 13.5 Å². The minimum Gasteiger partial charge on any atom is -0.319 e. The highest BCUT2D eigenvalue weighted by Gasteiger charge is 2.55. The average Bonchev–Trinajstić information content (AvgIpc) is 3.17. The zero-order chi connectivity index (χ0) is 12.4. The molecule has 0 amide bonds. The maximum absolute atomic E-state index is 3.37. The van der Waals surface area contributed by atoms with Crippen LogP contribution < -0.4 is 5.32 Å². The number of nitrogens with one attached hydrogen (secondary N) is 1. The second-order valence-electron chi connectivity index (χ2n) is 5.22. The summed E-state index contributed by atoms with van der Waals surface area (Å²) in [6.45, 7) is 1.05. The Kier molecular flexibility index (Phi) is 4.33. The predicted octanol–water partition coefficient (Wildman–Crippen LogP) is 3.44. The van der Waals surface area contributed by atoms with Crippen molar-refractivity contribution in [3.63, 3.8) is 0 Å². The molecule has 0 unspecified atom stereocenters. The summed E-state index contributed by atoms with van der Waals surface area (Å²) in [4.78, 5) is 0. The van der Waals surface area contributed by atoms with Crippen molar-refractivity contribution in [1.82, 2.24) is 5.32 Å². The SMILES string of the molecule is CNC[C@@]1(c2ccccc2)C[C@@H]1c1ccccc1.S. The first-order chi connectivity index (χ1) is 8.87. The van der Waals surface area contributed by atoms with Crippen LogP contribution in [0.5, 0.6) is 0 Å². The van der Waals surface area contributed by atoms with E-state index >= 15 is 0 Å². The summed E-state index contributed by atoms with van der Waals surface area (Å²) in [5, 5.41) is 3.37. The van der Waals surface area contributed by atoms with Crippen molar-refractivity contribution in [2.45, 2.75) is 17.8 Å². The van der Waals surface area contributed by atoms with Gasteiger partial charge in [-0.15, -0.1) is 0 Å². The quantitative estimate of drug-likeness (QED) is 0.898. The molecule has 0 bridgehead atoms. The minimum absolute atomic E-state index is 0. The molecule has 3 rings (SSSR count). The van der Waals surface area contributed by atoms with Gasteiger partial charge in [-0.3, -0.25) is 0 Å². The summed E-state index contributed by atoms with van der Waals surface area (Å²) in [5.41, 5.74) is 3.24.